The van der Waals surface area contributed by atoms with Crippen molar-refractivity contribution in [2.75, 3.05) is 18.2 Å². The van der Waals surface area contributed by atoms with Gasteiger partial charge >= 0.3 is 0 Å². The number of carbonyl (C=O) groups is 1. The van der Waals surface area contributed by atoms with Gasteiger partial charge in [-0.05, 0) is 49.7 Å². The Bertz CT molecular complexity index is 671. The van der Waals surface area contributed by atoms with Crippen molar-refractivity contribution in [1.29, 1.82) is 0 Å². The Morgan fingerprint density at radius 1 is 1.23 bits per heavy atom. The Labute approximate surface area is 130 Å². The number of amides is 1. The van der Waals surface area contributed by atoms with E-state index >= 15 is 0 Å². The van der Waals surface area contributed by atoms with E-state index in [2.05, 4.69) is 5.32 Å². The predicted molar refractivity (Wildman–Crippen MR) is 87.3 cm³/mol. The standard InChI is InChI=1S/C17H20N2O3/c1-11-5-4-6-14(9-11)22-12(2)17(20)19-15-10-13(18)7-8-16(15)21-3/h4-10,12H,18H2,1-3H3,(H,19,20)/t12-/m0/s1. The van der Waals surface area contributed by atoms with Gasteiger partial charge in [-0.25, -0.2) is 0 Å². The highest BCUT2D eigenvalue weighted by Crippen LogP contribution is 2.26. The molecule has 0 aliphatic heterocycles. The number of benzene rings is 2. The van der Waals surface area contributed by atoms with Crippen LogP contribution in [0, 0.1) is 6.92 Å². The topological polar surface area (TPSA) is 73.6 Å². The van der Waals surface area contributed by atoms with Crippen molar-refractivity contribution in [2.24, 2.45) is 0 Å². The fraction of sp³-hybridized carbons (Fsp3) is 0.235. The lowest BCUT2D eigenvalue weighted by Crippen LogP contribution is -2.30. The molecule has 116 valence electrons. The molecule has 22 heavy (non-hydrogen) atoms. The average molecular weight is 300 g/mol. The van der Waals surface area contributed by atoms with Gasteiger partial charge in [-0.2, -0.15) is 0 Å². The quantitative estimate of drug-likeness (QED) is 0.833. The highest BCUT2D eigenvalue weighted by atomic mass is 16.5. The third kappa shape index (κ3) is 3.91. The predicted octanol–water partition coefficient (Wildman–Crippen LogP) is 2.99. The lowest BCUT2D eigenvalue weighted by molar-refractivity contribution is -0.122. The van der Waals surface area contributed by atoms with Gasteiger partial charge in [0.05, 0.1) is 12.8 Å². The molecule has 2 aromatic rings. The summed E-state index contributed by atoms with van der Waals surface area (Å²) in [5, 5.41) is 2.77. The number of carbonyl (C=O) groups excluding carboxylic acids is 1. The molecule has 0 unspecified atom stereocenters. The minimum absolute atomic E-state index is 0.273. The van der Waals surface area contributed by atoms with Gasteiger partial charge < -0.3 is 20.5 Å². The second-order valence-electron chi connectivity index (χ2n) is 5.03. The third-order valence-corrected chi connectivity index (χ3v) is 3.15. The van der Waals surface area contributed by atoms with Crippen LogP contribution in [0.5, 0.6) is 11.5 Å². The summed E-state index contributed by atoms with van der Waals surface area (Å²) in [5.41, 5.74) is 7.87. The number of ether oxygens (including phenoxy) is 2. The van der Waals surface area contributed by atoms with Crippen molar-refractivity contribution in [1.82, 2.24) is 0 Å². The van der Waals surface area contributed by atoms with Crippen LogP contribution in [0.3, 0.4) is 0 Å². The van der Waals surface area contributed by atoms with Gasteiger partial charge in [0.15, 0.2) is 6.10 Å². The summed E-state index contributed by atoms with van der Waals surface area (Å²) in [4.78, 5) is 12.2. The van der Waals surface area contributed by atoms with Gasteiger partial charge in [0.25, 0.3) is 5.91 Å². The first kappa shape index (κ1) is 15.7. The van der Waals surface area contributed by atoms with E-state index in [-0.39, 0.29) is 5.91 Å². The molecule has 5 heteroatoms. The molecule has 1 amide bonds. The molecule has 0 fully saturated rings. The summed E-state index contributed by atoms with van der Waals surface area (Å²) in [6.07, 6.45) is -0.645. The number of aryl methyl sites for hydroxylation is 1. The smallest absolute Gasteiger partial charge is 0.265 e. The first-order valence-corrected chi connectivity index (χ1v) is 6.97. The molecule has 2 aromatic carbocycles. The summed E-state index contributed by atoms with van der Waals surface area (Å²) in [6.45, 7) is 3.66. The second kappa shape index (κ2) is 6.85. The highest BCUT2D eigenvalue weighted by molar-refractivity contribution is 5.95. The molecule has 0 saturated heterocycles. The molecule has 5 nitrogen and oxygen atoms in total. The number of methoxy groups -OCH3 is 1. The van der Waals surface area contributed by atoms with E-state index < -0.39 is 6.10 Å². The first-order chi connectivity index (χ1) is 10.5. The Morgan fingerprint density at radius 3 is 2.68 bits per heavy atom. The number of rotatable bonds is 5. The molecule has 0 radical (unpaired) electrons. The summed E-state index contributed by atoms with van der Waals surface area (Å²) in [5.74, 6) is 0.929. The van der Waals surface area contributed by atoms with Gasteiger partial charge in [0.2, 0.25) is 0 Å². The SMILES string of the molecule is COc1ccc(N)cc1NC(=O)[C@H](C)Oc1cccc(C)c1. The lowest BCUT2D eigenvalue weighted by Gasteiger charge is -2.16. The molecular weight excluding hydrogens is 280 g/mol. The molecule has 0 spiro atoms. The van der Waals surface area contributed by atoms with Crippen LogP contribution in [0.25, 0.3) is 0 Å². The van der Waals surface area contributed by atoms with Crippen molar-refractivity contribution in [2.45, 2.75) is 20.0 Å². The van der Waals surface area contributed by atoms with Crippen LogP contribution < -0.4 is 20.5 Å². The van der Waals surface area contributed by atoms with E-state index in [0.29, 0.717) is 22.9 Å². The van der Waals surface area contributed by atoms with E-state index in [4.69, 9.17) is 15.2 Å². The summed E-state index contributed by atoms with van der Waals surface area (Å²) >= 11 is 0. The summed E-state index contributed by atoms with van der Waals surface area (Å²) in [7, 11) is 1.54. The summed E-state index contributed by atoms with van der Waals surface area (Å²) in [6, 6.07) is 12.6. The number of nitrogens with two attached hydrogens (primary N) is 1. The lowest BCUT2D eigenvalue weighted by atomic mass is 10.2. The number of hydrogen-bond acceptors (Lipinski definition) is 4. The summed E-state index contributed by atoms with van der Waals surface area (Å²) < 4.78 is 10.9. The van der Waals surface area contributed by atoms with E-state index in [1.54, 1.807) is 25.1 Å². The highest BCUT2D eigenvalue weighted by Gasteiger charge is 2.17. The van der Waals surface area contributed by atoms with Gasteiger partial charge in [0.1, 0.15) is 11.5 Å². The van der Waals surface area contributed by atoms with Crippen LogP contribution in [-0.4, -0.2) is 19.1 Å². The molecule has 1 atom stereocenters. The monoisotopic (exact) mass is 300 g/mol. The molecule has 0 saturated carbocycles. The largest absolute Gasteiger partial charge is 0.495 e. The zero-order valence-corrected chi connectivity index (χ0v) is 12.9. The third-order valence-electron chi connectivity index (χ3n) is 3.15. The van der Waals surface area contributed by atoms with Crippen molar-refractivity contribution in [3.63, 3.8) is 0 Å². The molecular formula is C17H20N2O3. The van der Waals surface area contributed by atoms with Crippen LogP contribution in [0.15, 0.2) is 42.5 Å². The minimum Gasteiger partial charge on any atom is -0.495 e. The van der Waals surface area contributed by atoms with Crippen LogP contribution in [0.4, 0.5) is 11.4 Å². The Kier molecular flexibility index (Phi) is 4.88. The maximum Gasteiger partial charge on any atom is 0.265 e. The van der Waals surface area contributed by atoms with Crippen LogP contribution in [0.2, 0.25) is 0 Å². The first-order valence-electron chi connectivity index (χ1n) is 6.97. The van der Waals surface area contributed by atoms with E-state index in [1.165, 1.54) is 7.11 Å². The Balaban J connectivity index is 2.07. The zero-order chi connectivity index (χ0) is 16.1. The average Bonchev–Trinajstić information content (AvgIpc) is 2.47. The van der Waals surface area contributed by atoms with Gasteiger partial charge in [-0.1, -0.05) is 12.1 Å². The number of anilines is 2. The van der Waals surface area contributed by atoms with Gasteiger partial charge in [-0.15, -0.1) is 0 Å². The second-order valence-corrected chi connectivity index (χ2v) is 5.03. The molecule has 2 rings (SSSR count). The van der Waals surface area contributed by atoms with Crippen molar-refractivity contribution < 1.29 is 14.3 Å². The molecule has 0 aliphatic carbocycles. The number of hydrogen-bond donors (Lipinski definition) is 2. The van der Waals surface area contributed by atoms with E-state index in [0.717, 1.165) is 5.56 Å². The molecule has 0 aliphatic rings. The molecule has 3 N–H and O–H groups in total. The van der Waals surface area contributed by atoms with Crippen LogP contribution in [-0.2, 0) is 4.79 Å². The van der Waals surface area contributed by atoms with Crippen LogP contribution in [0.1, 0.15) is 12.5 Å². The number of nitrogen functional groups attached to an aromatic ring is 1. The molecule has 0 bridgehead atoms. The Hall–Kier alpha value is -2.69. The van der Waals surface area contributed by atoms with Crippen molar-refractivity contribution >= 4 is 17.3 Å². The van der Waals surface area contributed by atoms with Crippen LogP contribution >= 0.6 is 0 Å². The fourth-order valence-electron chi connectivity index (χ4n) is 2.00. The number of nitrogens with one attached hydrogen (secondary N) is 1. The Morgan fingerprint density at radius 2 is 2.00 bits per heavy atom. The fourth-order valence-corrected chi connectivity index (χ4v) is 2.00. The molecule has 0 heterocycles. The maximum atomic E-state index is 12.2. The molecule has 0 aromatic heterocycles. The maximum absolute atomic E-state index is 12.2. The minimum atomic E-state index is -0.645. The van der Waals surface area contributed by atoms with Crippen molar-refractivity contribution in [3.8, 4) is 11.5 Å². The van der Waals surface area contributed by atoms with E-state index in [1.807, 2.05) is 31.2 Å². The normalized spacial score (nSPS) is 11.6. The van der Waals surface area contributed by atoms with Gasteiger partial charge in [0, 0.05) is 5.69 Å². The van der Waals surface area contributed by atoms with E-state index in [9.17, 15) is 4.79 Å². The van der Waals surface area contributed by atoms with Gasteiger partial charge in [-0.3, -0.25) is 4.79 Å². The van der Waals surface area contributed by atoms with Crippen molar-refractivity contribution in [3.05, 3.63) is 48.0 Å². The zero-order valence-electron chi connectivity index (χ0n) is 12.9.